The third kappa shape index (κ3) is 4.33. The first kappa shape index (κ1) is 15.6. The summed E-state index contributed by atoms with van der Waals surface area (Å²) in [5, 5.41) is 2.96. The largest absolute Gasteiger partial charge is 0.334 e. The minimum Gasteiger partial charge on any atom is -0.334 e. The number of nitrogens with one attached hydrogen (secondary N) is 1. The van der Waals surface area contributed by atoms with E-state index in [0.29, 0.717) is 13.1 Å². The molecule has 0 aromatic heterocycles. The van der Waals surface area contributed by atoms with Crippen LogP contribution in [0.1, 0.15) is 18.1 Å². The Balaban J connectivity index is 2.02. The van der Waals surface area contributed by atoms with Gasteiger partial charge >= 0.3 is 6.03 Å². The van der Waals surface area contributed by atoms with Crippen LogP contribution in [-0.4, -0.2) is 12.6 Å². The van der Waals surface area contributed by atoms with Crippen LogP contribution in [0.3, 0.4) is 0 Å². The van der Waals surface area contributed by atoms with E-state index in [1.165, 1.54) is 0 Å². The molecule has 2 aromatic rings. The van der Waals surface area contributed by atoms with Gasteiger partial charge in [0.1, 0.15) is 0 Å². The van der Waals surface area contributed by atoms with Crippen LogP contribution < -0.4 is 10.2 Å². The van der Waals surface area contributed by atoms with E-state index in [1.807, 2.05) is 62.4 Å². The Morgan fingerprint density at radius 1 is 1.19 bits per heavy atom. The zero-order valence-electron chi connectivity index (χ0n) is 12.3. The number of hydrogen-bond acceptors (Lipinski definition) is 1. The number of aryl methyl sites for hydroxylation is 1. The van der Waals surface area contributed by atoms with Gasteiger partial charge in [-0.3, -0.25) is 4.90 Å². The summed E-state index contributed by atoms with van der Waals surface area (Å²) in [6, 6.07) is 15.8. The molecule has 2 aromatic carbocycles. The summed E-state index contributed by atoms with van der Waals surface area (Å²) in [6.07, 6.45) is 0. The highest BCUT2D eigenvalue weighted by Gasteiger charge is 2.13. The van der Waals surface area contributed by atoms with Gasteiger partial charge in [-0.25, -0.2) is 4.79 Å². The molecule has 110 valence electrons. The number of urea groups is 1. The molecule has 0 spiro atoms. The van der Waals surface area contributed by atoms with Crippen LogP contribution in [0.5, 0.6) is 0 Å². The Hall–Kier alpha value is -1.81. The van der Waals surface area contributed by atoms with E-state index in [-0.39, 0.29) is 6.03 Å². The maximum absolute atomic E-state index is 12.3. The van der Waals surface area contributed by atoms with E-state index in [1.54, 1.807) is 4.90 Å². The average molecular weight is 347 g/mol. The van der Waals surface area contributed by atoms with Crippen LogP contribution in [0.4, 0.5) is 10.5 Å². The maximum atomic E-state index is 12.3. The standard InChI is InChI=1S/C17H19BrN2O/c1-3-20(16-6-4-5-13(2)11-16)17(21)19-12-14-7-9-15(18)10-8-14/h4-11H,3,12H2,1-2H3,(H,19,21). The molecule has 2 rings (SSSR count). The molecule has 0 atom stereocenters. The molecule has 0 aliphatic carbocycles. The van der Waals surface area contributed by atoms with E-state index in [0.717, 1.165) is 21.3 Å². The molecule has 0 saturated carbocycles. The molecule has 1 N–H and O–H groups in total. The first-order valence-electron chi connectivity index (χ1n) is 6.96. The molecule has 0 unspecified atom stereocenters. The van der Waals surface area contributed by atoms with Gasteiger partial charge in [-0.1, -0.05) is 40.2 Å². The molecule has 0 bridgehead atoms. The summed E-state index contributed by atoms with van der Waals surface area (Å²) in [7, 11) is 0. The van der Waals surface area contributed by atoms with E-state index in [2.05, 4.69) is 21.2 Å². The van der Waals surface area contributed by atoms with Gasteiger partial charge in [-0.2, -0.15) is 0 Å². The van der Waals surface area contributed by atoms with Gasteiger partial charge in [0, 0.05) is 23.2 Å². The number of hydrogen-bond donors (Lipinski definition) is 1. The average Bonchev–Trinajstić information content (AvgIpc) is 2.47. The SMILES string of the molecule is CCN(C(=O)NCc1ccc(Br)cc1)c1cccc(C)c1. The van der Waals surface area contributed by atoms with Crippen LogP contribution in [0.25, 0.3) is 0 Å². The summed E-state index contributed by atoms with van der Waals surface area (Å²) >= 11 is 3.40. The lowest BCUT2D eigenvalue weighted by Crippen LogP contribution is -2.39. The molecule has 2 amide bonds. The van der Waals surface area contributed by atoms with Crippen molar-refractivity contribution in [3.63, 3.8) is 0 Å². The van der Waals surface area contributed by atoms with E-state index in [4.69, 9.17) is 0 Å². The Morgan fingerprint density at radius 2 is 1.90 bits per heavy atom. The number of rotatable bonds is 4. The fourth-order valence-electron chi connectivity index (χ4n) is 2.11. The lowest BCUT2D eigenvalue weighted by molar-refractivity contribution is 0.246. The molecule has 3 nitrogen and oxygen atoms in total. The normalized spacial score (nSPS) is 10.2. The van der Waals surface area contributed by atoms with Gasteiger partial charge < -0.3 is 5.32 Å². The van der Waals surface area contributed by atoms with E-state index >= 15 is 0 Å². The zero-order chi connectivity index (χ0) is 15.2. The molecule has 0 radical (unpaired) electrons. The molecule has 0 aliphatic heterocycles. The number of anilines is 1. The second kappa shape index (κ2) is 7.27. The number of halogens is 1. The summed E-state index contributed by atoms with van der Waals surface area (Å²) in [5.74, 6) is 0. The van der Waals surface area contributed by atoms with Crippen molar-refractivity contribution in [3.8, 4) is 0 Å². The Kier molecular flexibility index (Phi) is 5.39. The first-order chi connectivity index (χ1) is 10.1. The molecular formula is C17H19BrN2O. The lowest BCUT2D eigenvalue weighted by atomic mass is 10.2. The Labute approximate surface area is 134 Å². The van der Waals surface area contributed by atoms with Gasteiger partial charge in [0.2, 0.25) is 0 Å². The highest BCUT2D eigenvalue weighted by atomic mass is 79.9. The second-order valence-electron chi connectivity index (χ2n) is 4.87. The van der Waals surface area contributed by atoms with Gasteiger partial charge in [0.05, 0.1) is 0 Å². The highest BCUT2D eigenvalue weighted by Crippen LogP contribution is 2.16. The van der Waals surface area contributed by atoms with Crippen LogP contribution in [-0.2, 0) is 6.54 Å². The van der Waals surface area contributed by atoms with E-state index in [9.17, 15) is 4.79 Å². The van der Waals surface area contributed by atoms with Crippen molar-refractivity contribution >= 4 is 27.6 Å². The summed E-state index contributed by atoms with van der Waals surface area (Å²) < 4.78 is 1.03. The zero-order valence-corrected chi connectivity index (χ0v) is 13.9. The van der Waals surface area contributed by atoms with Crippen molar-refractivity contribution in [1.82, 2.24) is 5.32 Å². The van der Waals surface area contributed by atoms with Crippen molar-refractivity contribution in [2.45, 2.75) is 20.4 Å². The topological polar surface area (TPSA) is 32.3 Å². The number of carbonyl (C=O) groups excluding carboxylic acids is 1. The van der Waals surface area contributed by atoms with Gasteiger partial charge in [-0.15, -0.1) is 0 Å². The lowest BCUT2D eigenvalue weighted by Gasteiger charge is -2.22. The van der Waals surface area contributed by atoms with Gasteiger partial charge in [0.25, 0.3) is 0 Å². The number of amides is 2. The molecule has 0 aliphatic rings. The van der Waals surface area contributed by atoms with Crippen LogP contribution in [0, 0.1) is 6.92 Å². The minimum absolute atomic E-state index is 0.0778. The molecule has 0 fully saturated rings. The van der Waals surface area contributed by atoms with Crippen molar-refractivity contribution in [3.05, 3.63) is 64.1 Å². The summed E-state index contributed by atoms with van der Waals surface area (Å²) in [6.45, 7) is 5.16. The van der Waals surface area contributed by atoms with Crippen LogP contribution >= 0.6 is 15.9 Å². The van der Waals surface area contributed by atoms with Crippen molar-refractivity contribution in [2.75, 3.05) is 11.4 Å². The summed E-state index contributed by atoms with van der Waals surface area (Å²) in [5.41, 5.74) is 3.14. The smallest absolute Gasteiger partial charge is 0.322 e. The Morgan fingerprint density at radius 3 is 2.52 bits per heavy atom. The molecule has 0 heterocycles. The third-order valence-corrected chi connectivity index (χ3v) is 3.76. The summed E-state index contributed by atoms with van der Waals surface area (Å²) in [4.78, 5) is 14.1. The molecule has 4 heteroatoms. The molecular weight excluding hydrogens is 328 g/mol. The van der Waals surface area contributed by atoms with Crippen LogP contribution in [0.2, 0.25) is 0 Å². The monoisotopic (exact) mass is 346 g/mol. The first-order valence-corrected chi connectivity index (χ1v) is 7.76. The Bertz CT molecular complexity index is 610. The minimum atomic E-state index is -0.0778. The van der Waals surface area contributed by atoms with Gasteiger partial charge in [0.15, 0.2) is 0 Å². The van der Waals surface area contributed by atoms with Crippen molar-refractivity contribution in [1.29, 1.82) is 0 Å². The fourth-order valence-corrected chi connectivity index (χ4v) is 2.38. The number of nitrogens with zero attached hydrogens (tertiary/aromatic N) is 1. The fraction of sp³-hybridized carbons (Fsp3) is 0.235. The highest BCUT2D eigenvalue weighted by molar-refractivity contribution is 9.10. The van der Waals surface area contributed by atoms with Crippen molar-refractivity contribution in [2.24, 2.45) is 0 Å². The molecule has 0 saturated heterocycles. The molecule has 21 heavy (non-hydrogen) atoms. The van der Waals surface area contributed by atoms with Crippen LogP contribution in [0.15, 0.2) is 53.0 Å². The van der Waals surface area contributed by atoms with Crippen molar-refractivity contribution < 1.29 is 4.79 Å². The maximum Gasteiger partial charge on any atom is 0.322 e. The quantitative estimate of drug-likeness (QED) is 0.868. The third-order valence-electron chi connectivity index (χ3n) is 3.23. The predicted molar refractivity (Wildman–Crippen MR) is 90.6 cm³/mol. The van der Waals surface area contributed by atoms with E-state index < -0.39 is 0 Å². The second-order valence-corrected chi connectivity index (χ2v) is 5.78. The number of carbonyl (C=O) groups is 1. The number of benzene rings is 2. The predicted octanol–water partition coefficient (Wildman–Crippen LogP) is 4.49. The van der Waals surface area contributed by atoms with Gasteiger partial charge in [-0.05, 0) is 49.2 Å².